The molecule has 0 aliphatic heterocycles. The highest BCUT2D eigenvalue weighted by Gasteiger charge is 1.99. The average Bonchev–Trinajstić information content (AvgIpc) is 1.67. The smallest absolute Gasteiger partial charge is 0.342 e. The summed E-state index contributed by atoms with van der Waals surface area (Å²) in [6.45, 7) is 0. The number of hydrogen-bond donors (Lipinski definition) is 0. The Kier molecular flexibility index (Phi) is 2.89. The first-order valence-corrected chi connectivity index (χ1v) is 2.31. The minimum Gasteiger partial charge on any atom is -0.347 e. The Morgan fingerprint density at radius 1 is 1.75 bits per heavy atom. The van der Waals surface area contributed by atoms with Crippen molar-refractivity contribution in [2.24, 2.45) is 5.10 Å². The van der Waals surface area contributed by atoms with Gasteiger partial charge in [-0.25, -0.2) is 0 Å². The van der Waals surface area contributed by atoms with Gasteiger partial charge in [0.25, 0.3) is 10.7 Å². The topological polar surface area (TPSA) is 43.8 Å². The number of diazo groups is 1. The molecule has 0 aromatic heterocycles. The van der Waals surface area contributed by atoms with Gasteiger partial charge in [-0.2, -0.15) is 0 Å². The molecule has 0 unspecified atom stereocenters. The number of rotatable bonds is 0. The minimum atomic E-state index is 0.146. The van der Waals surface area contributed by atoms with Gasteiger partial charge in [-0.1, -0.05) is 0 Å². The van der Waals surface area contributed by atoms with Crippen LogP contribution in [0, 0.1) is 5.39 Å². The molecule has 0 atom stereocenters. The van der Waals surface area contributed by atoms with Crippen LogP contribution in [0.15, 0.2) is 5.10 Å². The predicted octanol–water partition coefficient (Wildman–Crippen LogP) is 0.911. The van der Waals surface area contributed by atoms with Crippen molar-refractivity contribution in [2.75, 3.05) is 14.1 Å². The van der Waals surface area contributed by atoms with Crippen molar-refractivity contribution >= 4 is 16.9 Å². The lowest BCUT2D eigenvalue weighted by atomic mass is 10.9. The first-order valence-electron chi connectivity index (χ1n) is 1.93. The number of amidine groups is 1. The Morgan fingerprint density at radius 2 is 2.25 bits per heavy atom. The number of hydrogen-bond acceptors (Lipinski definition) is 2. The SMILES string of the molecule is CN(C)C(Cl)=N[N+]#N. The third-order valence-electron chi connectivity index (χ3n) is 0.496. The van der Waals surface area contributed by atoms with Gasteiger partial charge in [-0.3, -0.25) is 0 Å². The molecule has 0 aliphatic carbocycles. The molecule has 0 aromatic carbocycles. The molecule has 0 rings (SSSR count). The van der Waals surface area contributed by atoms with Gasteiger partial charge in [-0.05, 0) is 11.6 Å². The summed E-state index contributed by atoms with van der Waals surface area (Å²) in [5.41, 5.74) is 0. The Bertz CT molecular complexity index is 133. The van der Waals surface area contributed by atoms with Gasteiger partial charge < -0.3 is 4.90 Å². The maximum atomic E-state index is 7.81. The molecule has 0 N–H and O–H groups in total. The van der Waals surface area contributed by atoms with E-state index in [4.69, 9.17) is 17.0 Å². The highest BCUT2D eigenvalue weighted by atomic mass is 35.5. The van der Waals surface area contributed by atoms with Gasteiger partial charge in [-0.15, -0.1) is 0 Å². The number of nitrogens with zero attached hydrogens (tertiary/aromatic N) is 4. The summed E-state index contributed by atoms with van der Waals surface area (Å²) >= 11 is 5.34. The average molecular weight is 134 g/mol. The molecule has 0 saturated heterocycles. The molecule has 0 radical (unpaired) electrons. The van der Waals surface area contributed by atoms with Gasteiger partial charge in [0.2, 0.25) is 5.10 Å². The van der Waals surface area contributed by atoms with Crippen molar-refractivity contribution in [1.29, 1.82) is 5.39 Å². The van der Waals surface area contributed by atoms with E-state index in [0.717, 1.165) is 0 Å². The molecular weight excluding hydrogens is 128 g/mol. The maximum absolute atomic E-state index is 7.81. The molecule has 0 aromatic rings. The molecule has 0 saturated carbocycles. The van der Waals surface area contributed by atoms with Gasteiger partial charge >= 0.3 is 5.08 Å². The molecule has 0 amide bonds. The molecule has 0 heterocycles. The van der Waals surface area contributed by atoms with Crippen LogP contribution in [-0.4, -0.2) is 24.3 Å². The highest BCUT2D eigenvalue weighted by Crippen LogP contribution is 1.88. The molecule has 0 fully saturated rings. The van der Waals surface area contributed by atoms with Gasteiger partial charge in [0, 0.05) is 14.1 Å². The molecule has 8 heavy (non-hydrogen) atoms. The first-order chi connectivity index (χ1) is 3.68. The van der Waals surface area contributed by atoms with E-state index in [0.29, 0.717) is 0 Å². The van der Waals surface area contributed by atoms with E-state index in [-0.39, 0.29) is 5.29 Å². The van der Waals surface area contributed by atoms with Crippen molar-refractivity contribution in [1.82, 2.24) is 4.90 Å². The van der Waals surface area contributed by atoms with E-state index in [9.17, 15) is 0 Å². The van der Waals surface area contributed by atoms with Crippen LogP contribution in [0.5, 0.6) is 0 Å². The van der Waals surface area contributed by atoms with Crippen molar-refractivity contribution in [3.63, 3.8) is 0 Å². The normalized spacial score (nSPS) is 10.5. The lowest BCUT2D eigenvalue weighted by molar-refractivity contribution is 0.634. The van der Waals surface area contributed by atoms with Gasteiger partial charge in [0.1, 0.15) is 0 Å². The summed E-state index contributed by atoms with van der Waals surface area (Å²) in [6, 6.07) is 0. The van der Waals surface area contributed by atoms with Crippen molar-refractivity contribution in [3.05, 3.63) is 5.08 Å². The summed E-state index contributed by atoms with van der Waals surface area (Å²) in [6.07, 6.45) is 0. The van der Waals surface area contributed by atoms with Crippen LogP contribution in [0.1, 0.15) is 0 Å². The second kappa shape index (κ2) is 3.22. The molecule has 0 spiro atoms. The predicted molar refractivity (Wildman–Crippen MR) is 32.1 cm³/mol. The molecule has 5 heteroatoms. The zero-order valence-electron chi connectivity index (χ0n) is 4.67. The summed E-state index contributed by atoms with van der Waals surface area (Å²) < 4.78 is 0. The molecule has 4 nitrogen and oxygen atoms in total. The van der Waals surface area contributed by atoms with Crippen molar-refractivity contribution in [2.45, 2.75) is 0 Å². The van der Waals surface area contributed by atoms with Crippen LogP contribution >= 0.6 is 11.6 Å². The zero-order chi connectivity index (χ0) is 6.57. The molecule has 0 bridgehead atoms. The second-order valence-electron chi connectivity index (χ2n) is 1.35. The van der Waals surface area contributed by atoms with Crippen molar-refractivity contribution < 1.29 is 0 Å². The second-order valence-corrected chi connectivity index (χ2v) is 1.69. The maximum Gasteiger partial charge on any atom is 0.342 e. The Balaban J connectivity index is 3.85. The Labute approximate surface area is 52.4 Å². The molecule has 44 valence electrons. The standard InChI is InChI=1S/C3H6ClN4/c1-8(2)3(4)6-7-5/h1-2H3/q+1. The van der Waals surface area contributed by atoms with Gasteiger partial charge in [0.05, 0.1) is 0 Å². The monoisotopic (exact) mass is 133 g/mol. The largest absolute Gasteiger partial charge is 0.347 e. The van der Waals surface area contributed by atoms with Crippen LogP contribution in [0.2, 0.25) is 0 Å². The lowest BCUT2D eigenvalue weighted by Gasteiger charge is -2.00. The van der Waals surface area contributed by atoms with E-state index in [1.54, 1.807) is 14.1 Å². The summed E-state index contributed by atoms with van der Waals surface area (Å²) in [5.74, 6) is 0. The summed E-state index contributed by atoms with van der Waals surface area (Å²) in [7, 11) is 3.38. The van der Waals surface area contributed by atoms with E-state index in [1.165, 1.54) is 4.90 Å². The third kappa shape index (κ3) is 2.37. The highest BCUT2D eigenvalue weighted by molar-refractivity contribution is 6.64. The first kappa shape index (κ1) is 7.18. The number of halogens is 1. The van der Waals surface area contributed by atoms with E-state index in [2.05, 4.69) is 10.2 Å². The minimum absolute atomic E-state index is 0.146. The summed E-state index contributed by atoms with van der Waals surface area (Å²) in [5, 5.41) is 13.5. The van der Waals surface area contributed by atoms with Crippen LogP contribution in [0.3, 0.4) is 0 Å². The fourth-order valence-corrected chi connectivity index (χ4v) is 0.160. The molecular formula is C3H6ClN4+. The Morgan fingerprint density at radius 3 is 2.38 bits per heavy atom. The van der Waals surface area contributed by atoms with Gasteiger partial charge in [0.15, 0.2) is 0 Å². The van der Waals surface area contributed by atoms with Crippen LogP contribution in [0.25, 0.3) is 5.08 Å². The van der Waals surface area contributed by atoms with Crippen molar-refractivity contribution in [3.8, 4) is 0 Å². The summed E-state index contributed by atoms with van der Waals surface area (Å²) in [4.78, 5) is 1.52. The Hall–Kier alpha value is -0.820. The van der Waals surface area contributed by atoms with Crippen LogP contribution in [0.4, 0.5) is 0 Å². The third-order valence-corrected chi connectivity index (χ3v) is 0.910. The quantitative estimate of drug-likeness (QED) is 0.162. The van der Waals surface area contributed by atoms with E-state index < -0.39 is 0 Å². The zero-order valence-corrected chi connectivity index (χ0v) is 5.42. The van der Waals surface area contributed by atoms with E-state index in [1.807, 2.05) is 0 Å². The van der Waals surface area contributed by atoms with E-state index >= 15 is 0 Å². The lowest BCUT2D eigenvalue weighted by Crippen LogP contribution is -2.15. The fraction of sp³-hybridized carbons (Fsp3) is 0.667. The fourth-order valence-electron chi connectivity index (χ4n) is 0.126. The van der Waals surface area contributed by atoms with Crippen LogP contribution < -0.4 is 0 Å². The molecule has 0 aliphatic rings. The van der Waals surface area contributed by atoms with Crippen LogP contribution in [-0.2, 0) is 0 Å².